The van der Waals surface area contributed by atoms with Crippen LogP contribution in [0.15, 0.2) is 18.2 Å². The number of nitrogens with two attached hydrogens (primary N) is 1. The average Bonchev–Trinajstić information content (AvgIpc) is 2.26. The van der Waals surface area contributed by atoms with Gasteiger partial charge in [0.15, 0.2) is 0 Å². The molecule has 18 heavy (non-hydrogen) atoms. The quantitative estimate of drug-likeness (QED) is 0.847. The summed E-state index contributed by atoms with van der Waals surface area (Å²) in [7, 11) is 0. The molecular formula is C13H17ClN2OS. The lowest BCUT2D eigenvalue weighted by Crippen LogP contribution is -2.46. The summed E-state index contributed by atoms with van der Waals surface area (Å²) in [6, 6.07) is 5.74. The molecule has 1 aromatic carbocycles. The minimum atomic E-state index is 0.187. The molecule has 0 aromatic heterocycles. The van der Waals surface area contributed by atoms with Crippen molar-refractivity contribution in [3.63, 3.8) is 0 Å². The molecule has 2 N–H and O–H groups in total. The van der Waals surface area contributed by atoms with E-state index in [2.05, 4.69) is 18.7 Å². The molecule has 3 nitrogen and oxygen atoms in total. The Bertz CT molecular complexity index is 456. The summed E-state index contributed by atoms with van der Waals surface area (Å²) in [6.07, 6.45) is 0.374. The molecule has 2 rings (SSSR count). The number of halogens is 1. The molecular weight excluding hydrogens is 268 g/mol. The van der Waals surface area contributed by atoms with Crippen LogP contribution in [0.3, 0.4) is 0 Å². The van der Waals surface area contributed by atoms with Gasteiger partial charge in [-0.25, -0.2) is 0 Å². The van der Waals surface area contributed by atoms with Gasteiger partial charge in [0.05, 0.1) is 22.8 Å². The van der Waals surface area contributed by atoms with Crippen LogP contribution in [0.5, 0.6) is 0 Å². The van der Waals surface area contributed by atoms with E-state index in [9.17, 15) is 0 Å². The molecule has 0 radical (unpaired) electrons. The number of morpholine rings is 1. The smallest absolute Gasteiger partial charge is 0.107 e. The highest BCUT2D eigenvalue weighted by Crippen LogP contribution is 2.29. The third-order valence-corrected chi connectivity index (χ3v) is 3.52. The van der Waals surface area contributed by atoms with Crippen molar-refractivity contribution in [2.45, 2.75) is 26.1 Å². The summed E-state index contributed by atoms with van der Waals surface area (Å²) in [5.74, 6) is 0. The Labute approximate surface area is 118 Å². The zero-order valence-corrected chi connectivity index (χ0v) is 12.1. The van der Waals surface area contributed by atoms with Crippen LogP contribution in [-0.2, 0) is 4.74 Å². The van der Waals surface area contributed by atoms with Gasteiger partial charge in [-0.15, -0.1) is 0 Å². The first kappa shape index (κ1) is 13.6. The number of thiocarbonyl (C=S) groups is 1. The van der Waals surface area contributed by atoms with Gasteiger partial charge in [-0.1, -0.05) is 29.9 Å². The number of ether oxygens (including phenoxy) is 1. The van der Waals surface area contributed by atoms with Crippen molar-refractivity contribution in [1.82, 2.24) is 0 Å². The number of nitrogens with zero attached hydrogens (tertiary/aromatic N) is 1. The van der Waals surface area contributed by atoms with Crippen LogP contribution in [0, 0.1) is 0 Å². The van der Waals surface area contributed by atoms with Crippen LogP contribution in [0.2, 0.25) is 5.02 Å². The lowest BCUT2D eigenvalue weighted by molar-refractivity contribution is -0.00522. The van der Waals surface area contributed by atoms with Gasteiger partial charge in [-0.05, 0) is 26.0 Å². The van der Waals surface area contributed by atoms with E-state index < -0.39 is 0 Å². The summed E-state index contributed by atoms with van der Waals surface area (Å²) in [4.78, 5) is 2.57. The summed E-state index contributed by atoms with van der Waals surface area (Å²) in [5.41, 5.74) is 7.54. The van der Waals surface area contributed by atoms with E-state index in [1.54, 1.807) is 0 Å². The normalized spacial score (nSPS) is 24.1. The molecule has 0 bridgehead atoms. The number of hydrogen-bond donors (Lipinski definition) is 1. The number of hydrogen-bond acceptors (Lipinski definition) is 3. The van der Waals surface area contributed by atoms with Gasteiger partial charge in [0.25, 0.3) is 0 Å². The molecule has 1 aliphatic heterocycles. The molecule has 1 saturated heterocycles. The van der Waals surface area contributed by atoms with Gasteiger partial charge in [-0.3, -0.25) is 0 Å². The standard InChI is InChI=1S/C13H17ClN2OS/c1-8-6-16(7-9(2)17-8)11-5-3-4-10(14)12(11)13(15)18/h3-5,8-9H,6-7H2,1-2H3,(H2,15,18)/t8-,9+. The first-order chi connectivity index (χ1) is 8.49. The van der Waals surface area contributed by atoms with Crippen molar-refractivity contribution in [1.29, 1.82) is 0 Å². The third-order valence-electron chi connectivity index (χ3n) is 3.00. The van der Waals surface area contributed by atoms with Crippen molar-refractivity contribution in [2.24, 2.45) is 5.73 Å². The minimum Gasteiger partial charge on any atom is -0.389 e. The van der Waals surface area contributed by atoms with Crippen molar-refractivity contribution in [3.05, 3.63) is 28.8 Å². The van der Waals surface area contributed by atoms with Crippen molar-refractivity contribution in [3.8, 4) is 0 Å². The van der Waals surface area contributed by atoms with Gasteiger partial charge in [0.2, 0.25) is 0 Å². The molecule has 2 atom stereocenters. The van der Waals surface area contributed by atoms with E-state index in [1.165, 1.54) is 0 Å². The Morgan fingerprint density at radius 1 is 1.39 bits per heavy atom. The van der Waals surface area contributed by atoms with Crippen LogP contribution in [0.1, 0.15) is 19.4 Å². The summed E-state index contributed by atoms with van der Waals surface area (Å²) in [6.45, 7) is 5.77. The lowest BCUT2D eigenvalue weighted by Gasteiger charge is -2.37. The Hall–Kier alpha value is -0.840. The maximum Gasteiger partial charge on any atom is 0.107 e. The van der Waals surface area contributed by atoms with Crippen molar-refractivity contribution >= 4 is 34.5 Å². The Morgan fingerprint density at radius 3 is 2.56 bits per heavy atom. The molecule has 1 aromatic rings. The molecule has 1 aliphatic rings. The second-order valence-corrected chi connectivity index (χ2v) is 5.51. The highest BCUT2D eigenvalue weighted by molar-refractivity contribution is 7.80. The second kappa shape index (κ2) is 5.43. The largest absolute Gasteiger partial charge is 0.389 e. The van der Waals surface area contributed by atoms with Gasteiger partial charge in [0, 0.05) is 18.8 Å². The number of anilines is 1. The predicted octanol–water partition coefficient (Wildman–Crippen LogP) is 2.59. The van der Waals surface area contributed by atoms with E-state index in [1.807, 2.05) is 18.2 Å². The van der Waals surface area contributed by atoms with Gasteiger partial charge in [-0.2, -0.15) is 0 Å². The van der Waals surface area contributed by atoms with Gasteiger partial charge < -0.3 is 15.4 Å². The van der Waals surface area contributed by atoms with Crippen LogP contribution in [0.25, 0.3) is 0 Å². The molecule has 0 amide bonds. The van der Waals surface area contributed by atoms with Crippen molar-refractivity contribution < 1.29 is 4.74 Å². The molecule has 0 aliphatic carbocycles. The molecule has 1 fully saturated rings. The van der Waals surface area contributed by atoms with Crippen LogP contribution >= 0.6 is 23.8 Å². The van der Waals surface area contributed by atoms with Gasteiger partial charge >= 0.3 is 0 Å². The average molecular weight is 285 g/mol. The minimum absolute atomic E-state index is 0.187. The third kappa shape index (κ3) is 2.76. The van der Waals surface area contributed by atoms with E-state index in [0.29, 0.717) is 10.0 Å². The fourth-order valence-electron chi connectivity index (χ4n) is 2.39. The molecule has 0 unspecified atom stereocenters. The first-order valence-corrected chi connectivity index (χ1v) is 6.76. The topological polar surface area (TPSA) is 38.5 Å². The first-order valence-electron chi connectivity index (χ1n) is 5.97. The van der Waals surface area contributed by atoms with E-state index in [0.717, 1.165) is 24.3 Å². The number of rotatable bonds is 2. The monoisotopic (exact) mass is 284 g/mol. The highest BCUT2D eigenvalue weighted by Gasteiger charge is 2.25. The summed E-state index contributed by atoms with van der Waals surface area (Å²) >= 11 is 11.3. The van der Waals surface area contributed by atoms with Crippen molar-refractivity contribution in [2.75, 3.05) is 18.0 Å². The maximum absolute atomic E-state index is 6.19. The zero-order chi connectivity index (χ0) is 13.3. The molecule has 5 heteroatoms. The van der Waals surface area contributed by atoms with Crippen LogP contribution in [-0.4, -0.2) is 30.3 Å². The SMILES string of the molecule is C[C@@H]1CN(c2cccc(Cl)c2C(N)=S)C[C@H](C)O1. The van der Waals surface area contributed by atoms with Crippen LogP contribution in [0.4, 0.5) is 5.69 Å². The van der Waals surface area contributed by atoms with Gasteiger partial charge in [0.1, 0.15) is 4.99 Å². The fraction of sp³-hybridized carbons (Fsp3) is 0.462. The van der Waals surface area contributed by atoms with Crippen LogP contribution < -0.4 is 10.6 Å². The van der Waals surface area contributed by atoms with E-state index in [4.69, 9.17) is 34.3 Å². The molecule has 98 valence electrons. The Kier molecular flexibility index (Phi) is 4.10. The predicted molar refractivity (Wildman–Crippen MR) is 79.6 cm³/mol. The summed E-state index contributed by atoms with van der Waals surface area (Å²) in [5, 5.41) is 0.604. The maximum atomic E-state index is 6.19. The van der Waals surface area contributed by atoms with E-state index >= 15 is 0 Å². The molecule has 0 spiro atoms. The lowest BCUT2D eigenvalue weighted by atomic mass is 10.1. The summed E-state index contributed by atoms with van der Waals surface area (Å²) < 4.78 is 5.73. The second-order valence-electron chi connectivity index (χ2n) is 4.66. The Morgan fingerprint density at radius 2 is 2.00 bits per heavy atom. The number of benzene rings is 1. The van der Waals surface area contributed by atoms with E-state index in [-0.39, 0.29) is 12.2 Å². The fourth-order valence-corrected chi connectivity index (χ4v) is 2.94. The highest BCUT2D eigenvalue weighted by atomic mass is 35.5. The zero-order valence-electron chi connectivity index (χ0n) is 10.5. The molecule has 1 heterocycles. The Balaban J connectivity index is 2.38. The molecule has 0 saturated carbocycles.